The van der Waals surface area contributed by atoms with Crippen LogP contribution in [-0.2, 0) is 15.1 Å². The van der Waals surface area contributed by atoms with Gasteiger partial charge in [-0.05, 0) is 113 Å². The summed E-state index contributed by atoms with van der Waals surface area (Å²) in [7, 11) is 1.83. The van der Waals surface area contributed by atoms with E-state index in [1.807, 2.05) is 19.4 Å². The van der Waals surface area contributed by atoms with Crippen molar-refractivity contribution in [2.24, 2.45) is 28.6 Å². The van der Waals surface area contributed by atoms with Crippen LogP contribution in [0, 0.1) is 28.6 Å². The minimum absolute atomic E-state index is 0.311. The number of nitrogens with zero attached hydrogens (tertiary/aromatic N) is 3. The number of ether oxygens (including phenoxy) is 2. The van der Waals surface area contributed by atoms with Gasteiger partial charge in [0.25, 0.3) is 0 Å². The number of rotatable bonds is 6. The molecular weight excluding hydrogens is 450 g/mol. The largest absolute Gasteiger partial charge is 0.389 e. The lowest BCUT2D eigenvalue weighted by molar-refractivity contribution is -0.244. The maximum atomic E-state index is 12.6. The van der Waals surface area contributed by atoms with Crippen molar-refractivity contribution >= 4 is 0 Å². The molecule has 1 saturated heterocycles. The second-order valence-corrected chi connectivity index (χ2v) is 13.3. The summed E-state index contributed by atoms with van der Waals surface area (Å²) in [5.41, 5.74) is -0.139. The fourth-order valence-electron chi connectivity index (χ4n) is 10.1. The topological polar surface area (TPSA) is 67.7 Å². The van der Waals surface area contributed by atoms with Gasteiger partial charge in [-0.2, -0.15) is 10.2 Å². The van der Waals surface area contributed by atoms with Crippen molar-refractivity contribution in [2.45, 2.75) is 102 Å². The summed E-state index contributed by atoms with van der Waals surface area (Å²) in [6.45, 7) is 9.36. The molecule has 0 amide bonds. The Bertz CT molecular complexity index is 925. The molecule has 6 rings (SSSR count). The van der Waals surface area contributed by atoms with Gasteiger partial charge < -0.3 is 19.5 Å². The van der Waals surface area contributed by atoms with E-state index in [0.29, 0.717) is 23.4 Å². The Labute approximate surface area is 217 Å². The lowest BCUT2D eigenvalue weighted by Gasteiger charge is -2.64. The lowest BCUT2D eigenvalue weighted by Crippen LogP contribution is -2.64. The zero-order valence-corrected chi connectivity index (χ0v) is 22.8. The smallest absolute Gasteiger partial charge is 0.102 e. The van der Waals surface area contributed by atoms with Crippen molar-refractivity contribution in [1.29, 1.82) is 0 Å². The van der Waals surface area contributed by atoms with E-state index >= 15 is 0 Å². The number of hydrogen-bond acceptors (Lipinski definition) is 6. The third-order valence-electron chi connectivity index (χ3n) is 12.3. The Kier molecular flexibility index (Phi) is 6.50. The maximum Gasteiger partial charge on any atom is 0.102 e. The highest BCUT2D eigenvalue weighted by Gasteiger charge is 2.72. The van der Waals surface area contributed by atoms with Gasteiger partial charge >= 0.3 is 0 Å². The summed E-state index contributed by atoms with van der Waals surface area (Å²) >= 11 is 0. The van der Waals surface area contributed by atoms with Gasteiger partial charge in [-0.25, -0.2) is 0 Å². The molecule has 2 heterocycles. The van der Waals surface area contributed by atoms with Crippen molar-refractivity contribution < 1.29 is 14.6 Å². The third-order valence-corrected chi connectivity index (χ3v) is 12.3. The Morgan fingerprint density at radius 3 is 2.58 bits per heavy atom. The molecule has 0 radical (unpaired) electrons. The first-order valence-electron chi connectivity index (χ1n) is 14.7. The van der Waals surface area contributed by atoms with Crippen LogP contribution in [0.1, 0.15) is 90.0 Å². The molecule has 5 fully saturated rings. The Morgan fingerprint density at radius 1 is 1.00 bits per heavy atom. The van der Waals surface area contributed by atoms with E-state index in [9.17, 15) is 5.11 Å². The van der Waals surface area contributed by atoms with Gasteiger partial charge in [0.15, 0.2) is 0 Å². The summed E-state index contributed by atoms with van der Waals surface area (Å²) in [5.74, 6) is 1.65. The van der Waals surface area contributed by atoms with Gasteiger partial charge in [0.1, 0.15) is 5.60 Å². The van der Waals surface area contributed by atoms with Gasteiger partial charge in [-0.3, -0.25) is 0 Å². The molecule has 6 heteroatoms. The van der Waals surface area contributed by atoms with Crippen LogP contribution in [0.5, 0.6) is 0 Å². The molecule has 200 valence electrons. The Balaban J connectivity index is 1.18. The van der Waals surface area contributed by atoms with E-state index in [1.165, 1.54) is 58.0 Å². The lowest BCUT2D eigenvalue weighted by atomic mass is 9.43. The molecule has 6 nitrogen and oxygen atoms in total. The van der Waals surface area contributed by atoms with Crippen molar-refractivity contribution in [3.63, 3.8) is 0 Å². The first-order valence-corrected chi connectivity index (χ1v) is 14.7. The zero-order valence-electron chi connectivity index (χ0n) is 22.8. The highest BCUT2D eigenvalue weighted by molar-refractivity contribution is 5.31. The normalized spacial score (nSPS) is 46.8. The van der Waals surface area contributed by atoms with Crippen LogP contribution in [-0.4, -0.2) is 65.3 Å². The standard InChI is InChI=1S/C30H47N3O3/c1-27-11-8-24(36-19-18-33-16-4-5-17-33)20-22(27)6-7-26-25(27)9-12-28(2)29(26,34)13-14-30(28,35-3)23-10-15-31-32-21-23/h10,15,21-22,24-26,34H,4-9,11-14,16-20H2,1-3H3/t22?,24?,25-,26-,27+,28+,29-,30?/m1/s1. The molecule has 1 aromatic heterocycles. The molecule has 8 atom stereocenters. The van der Waals surface area contributed by atoms with Crippen LogP contribution in [0.25, 0.3) is 0 Å². The van der Waals surface area contributed by atoms with Crippen LogP contribution in [0.4, 0.5) is 0 Å². The van der Waals surface area contributed by atoms with E-state index in [1.54, 1.807) is 6.20 Å². The van der Waals surface area contributed by atoms with Gasteiger partial charge in [-0.1, -0.05) is 13.8 Å². The number of aromatic nitrogens is 2. The minimum Gasteiger partial charge on any atom is -0.389 e. The third kappa shape index (κ3) is 3.57. The number of fused-ring (bicyclic) bond motifs is 5. The molecule has 0 spiro atoms. The summed E-state index contributed by atoms with van der Waals surface area (Å²) in [6.07, 6.45) is 16.6. The zero-order chi connectivity index (χ0) is 25.0. The molecular formula is C30H47N3O3. The molecule has 4 aliphatic carbocycles. The average Bonchev–Trinajstić information content (AvgIpc) is 3.49. The molecule has 1 aromatic rings. The average molecular weight is 498 g/mol. The van der Waals surface area contributed by atoms with Crippen LogP contribution in [0.3, 0.4) is 0 Å². The second kappa shape index (κ2) is 9.29. The maximum absolute atomic E-state index is 12.6. The number of aliphatic hydroxyl groups is 1. The summed E-state index contributed by atoms with van der Waals surface area (Å²) < 4.78 is 12.8. The molecule has 36 heavy (non-hydrogen) atoms. The van der Waals surface area contributed by atoms with Gasteiger partial charge in [0.2, 0.25) is 0 Å². The van der Waals surface area contributed by atoms with Gasteiger partial charge in [0, 0.05) is 30.8 Å². The van der Waals surface area contributed by atoms with Crippen LogP contribution >= 0.6 is 0 Å². The van der Waals surface area contributed by atoms with Gasteiger partial charge in [-0.15, -0.1) is 0 Å². The van der Waals surface area contributed by atoms with Crippen molar-refractivity contribution in [3.8, 4) is 0 Å². The van der Waals surface area contributed by atoms with Crippen molar-refractivity contribution in [3.05, 3.63) is 24.0 Å². The molecule has 5 aliphatic rings. The van der Waals surface area contributed by atoms with Gasteiger partial charge in [0.05, 0.1) is 24.5 Å². The highest BCUT2D eigenvalue weighted by Crippen LogP contribution is 2.72. The summed E-state index contributed by atoms with van der Waals surface area (Å²) in [4.78, 5) is 2.56. The van der Waals surface area contributed by atoms with Crippen molar-refractivity contribution in [1.82, 2.24) is 15.1 Å². The summed E-state index contributed by atoms with van der Waals surface area (Å²) in [5, 5.41) is 20.8. The molecule has 1 N–H and O–H groups in total. The molecule has 0 bridgehead atoms. The van der Waals surface area contributed by atoms with E-state index in [2.05, 4.69) is 28.9 Å². The number of methoxy groups -OCH3 is 1. The van der Waals surface area contributed by atoms with Crippen molar-refractivity contribution in [2.75, 3.05) is 33.4 Å². The van der Waals surface area contributed by atoms with E-state index < -0.39 is 11.2 Å². The summed E-state index contributed by atoms with van der Waals surface area (Å²) in [6, 6.07) is 2.04. The van der Waals surface area contributed by atoms with E-state index in [-0.39, 0.29) is 5.41 Å². The quantitative estimate of drug-likeness (QED) is 0.599. The fourth-order valence-corrected chi connectivity index (χ4v) is 10.1. The molecule has 1 aliphatic heterocycles. The minimum atomic E-state index is -0.702. The first-order chi connectivity index (χ1) is 17.4. The van der Waals surface area contributed by atoms with E-state index in [0.717, 1.165) is 50.3 Å². The Morgan fingerprint density at radius 2 is 1.83 bits per heavy atom. The predicted octanol–water partition coefficient (Wildman–Crippen LogP) is 4.96. The fraction of sp³-hybridized carbons (Fsp3) is 0.867. The molecule has 4 saturated carbocycles. The van der Waals surface area contributed by atoms with Crippen LogP contribution < -0.4 is 0 Å². The van der Waals surface area contributed by atoms with E-state index in [4.69, 9.17) is 9.47 Å². The highest BCUT2D eigenvalue weighted by atomic mass is 16.5. The predicted molar refractivity (Wildman–Crippen MR) is 139 cm³/mol. The van der Waals surface area contributed by atoms with Crippen LogP contribution in [0.15, 0.2) is 18.5 Å². The Hall–Kier alpha value is -1.08. The molecule has 3 unspecified atom stereocenters. The SMILES string of the molecule is COC1(c2ccnnc2)CC[C@@]2(O)[C@@H]3CCC4CC(OCCN5CCCC5)CC[C@]4(C)[C@@H]3CC[C@]12C. The number of likely N-dealkylation sites (tertiary alicyclic amines) is 1. The number of hydrogen-bond donors (Lipinski definition) is 1. The molecule has 0 aromatic carbocycles. The first kappa shape index (κ1) is 25.2. The monoisotopic (exact) mass is 497 g/mol. The van der Waals surface area contributed by atoms with Crippen LogP contribution in [0.2, 0.25) is 0 Å². The second-order valence-electron chi connectivity index (χ2n) is 13.3.